The average molecular weight is 361 g/mol. The molecule has 3 aromatic rings. The van der Waals surface area contributed by atoms with E-state index in [0.29, 0.717) is 13.0 Å². The predicted molar refractivity (Wildman–Crippen MR) is 89.4 cm³/mol. The average Bonchev–Trinajstić information content (AvgIpc) is 3.07. The number of amides is 1. The lowest BCUT2D eigenvalue weighted by atomic mass is 10.1. The van der Waals surface area contributed by atoms with Gasteiger partial charge in [0.1, 0.15) is 0 Å². The summed E-state index contributed by atoms with van der Waals surface area (Å²) in [7, 11) is 1.86. The number of H-pyrrole nitrogens is 1. The van der Waals surface area contributed by atoms with E-state index >= 15 is 0 Å². The van der Waals surface area contributed by atoms with Gasteiger partial charge < -0.3 is 10.3 Å². The van der Waals surface area contributed by atoms with Gasteiger partial charge >= 0.3 is 0 Å². The monoisotopic (exact) mass is 360 g/mol. The molecule has 5 nitrogen and oxygen atoms in total. The van der Waals surface area contributed by atoms with Crippen LogP contribution in [0.25, 0.3) is 10.9 Å². The number of benzene rings is 1. The van der Waals surface area contributed by atoms with E-state index in [9.17, 15) is 4.79 Å². The zero-order valence-corrected chi connectivity index (χ0v) is 13.9. The summed E-state index contributed by atoms with van der Waals surface area (Å²) in [6, 6.07) is 8.13. The molecule has 0 saturated heterocycles. The molecule has 0 saturated carbocycles. The number of nitrogens with zero attached hydrogens (tertiary/aromatic N) is 2. The fourth-order valence-electron chi connectivity index (χ4n) is 2.49. The molecular weight excluding hydrogens is 344 g/mol. The lowest BCUT2D eigenvalue weighted by Gasteiger charge is -2.06. The topological polar surface area (TPSA) is 62.7 Å². The lowest BCUT2D eigenvalue weighted by molar-refractivity contribution is -0.121. The number of halogens is 1. The quantitative estimate of drug-likeness (QED) is 0.734. The maximum absolute atomic E-state index is 12.0. The van der Waals surface area contributed by atoms with Crippen molar-refractivity contribution in [1.29, 1.82) is 0 Å². The first-order valence-corrected chi connectivity index (χ1v) is 7.92. The number of aromatic amines is 1. The molecule has 0 aliphatic heterocycles. The van der Waals surface area contributed by atoms with Crippen molar-refractivity contribution in [3.63, 3.8) is 0 Å². The SMILES string of the molecule is Cn1ncc(Br)c1CNC(=O)CCc1c[nH]c2ccccc12. The highest BCUT2D eigenvalue weighted by atomic mass is 79.9. The van der Waals surface area contributed by atoms with Crippen LogP contribution >= 0.6 is 15.9 Å². The van der Waals surface area contributed by atoms with Crippen LogP contribution in [0.2, 0.25) is 0 Å². The number of aryl methyl sites for hydroxylation is 2. The Bertz CT molecular complexity index is 786. The van der Waals surface area contributed by atoms with Crippen LogP contribution in [0.1, 0.15) is 17.7 Å². The van der Waals surface area contributed by atoms with Crippen LogP contribution in [0.3, 0.4) is 0 Å². The predicted octanol–water partition coefficient (Wildman–Crippen LogP) is 2.91. The van der Waals surface area contributed by atoms with E-state index in [2.05, 4.69) is 37.4 Å². The molecule has 3 rings (SSSR count). The molecule has 2 N–H and O–H groups in total. The molecule has 0 radical (unpaired) electrons. The van der Waals surface area contributed by atoms with Gasteiger partial charge in [0.05, 0.1) is 22.9 Å². The minimum absolute atomic E-state index is 0.0402. The van der Waals surface area contributed by atoms with E-state index in [1.807, 2.05) is 31.4 Å². The molecule has 6 heteroatoms. The highest BCUT2D eigenvalue weighted by Gasteiger charge is 2.09. The number of rotatable bonds is 5. The van der Waals surface area contributed by atoms with Gasteiger partial charge in [0.2, 0.25) is 5.91 Å². The molecule has 1 amide bonds. The summed E-state index contributed by atoms with van der Waals surface area (Å²) in [5.41, 5.74) is 3.24. The van der Waals surface area contributed by atoms with Gasteiger partial charge in [-0.2, -0.15) is 5.10 Å². The van der Waals surface area contributed by atoms with E-state index < -0.39 is 0 Å². The van der Waals surface area contributed by atoms with Crippen LogP contribution < -0.4 is 5.32 Å². The third-order valence-corrected chi connectivity index (χ3v) is 4.42. The summed E-state index contributed by atoms with van der Waals surface area (Å²) in [6.07, 6.45) is 4.91. The Morgan fingerprint density at radius 1 is 1.41 bits per heavy atom. The van der Waals surface area contributed by atoms with E-state index in [-0.39, 0.29) is 5.91 Å². The number of hydrogen-bond donors (Lipinski definition) is 2. The summed E-state index contributed by atoms with van der Waals surface area (Å²) in [4.78, 5) is 15.3. The number of hydrogen-bond acceptors (Lipinski definition) is 2. The van der Waals surface area contributed by atoms with Crippen molar-refractivity contribution in [2.45, 2.75) is 19.4 Å². The zero-order chi connectivity index (χ0) is 15.5. The molecule has 0 bridgehead atoms. The normalized spacial score (nSPS) is 11.0. The summed E-state index contributed by atoms with van der Waals surface area (Å²) < 4.78 is 2.66. The van der Waals surface area contributed by atoms with Crippen LogP contribution in [0.5, 0.6) is 0 Å². The van der Waals surface area contributed by atoms with Crippen molar-refractivity contribution in [3.8, 4) is 0 Å². The van der Waals surface area contributed by atoms with Crippen LogP contribution in [-0.4, -0.2) is 20.7 Å². The third-order valence-electron chi connectivity index (χ3n) is 3.76. The van der Waals surface area contributed by atoms with Crippen molar-refractivity contribution >= 4 is 32.7 Å². The van der Waals surface area contributed by atoms with Gasteiger partial charge in [-0.25, -0.2) is 0 Å². The molecule has 22 heavy (non-hydrogen) atoms. The molecule has 1 aromatic carbocycles. The number of fused-ring (bicyclic) bond motifs is 1. The van der Waals surface area contributed by atoms with Crippen molar-refractivity contribution < 1.29 is 4.79 Å². The molecule has 0 aliphatic rings. The summed E-state index contributed by atoms with van der Waals surface area (Å²) in [6.45, 7) is 0.476. The number of aromatic nitrogens is 3. The van der Waals surface area contributed by atoms with Crippen LogP contribution in [0, 0.1) is 0 Å². The first-order chi connectivity index (χ1) is 10.6. The second kappa shape index (κ2) is 6.36. The van der Waals surface area contributed by atoms with Gasteiger partial charge in [-0.15, -0.1) is 0 Å². The van der Waals surface area contributed by atoms with Crippen molar-refractivity contribution in [1.82, 2.24) is 20.1 Å². The molecular formula is C16H17BrN4O. The van der Waals surface area contributed by atoms with E-state index in [0.717, 1.165) is 22.1 Å². The molecule has 0 fully saturated rings. The standard InChI is InChI=1S/C16H17BrN4O/c1-21-15(13(17)9-20-21)10-19-16(22)7-6-11-8-18-14-5-3-2-4-12(11)14/h2-5,8-9,18H,6-7,10H2,1H3,(H,19,22). The van der Waals surface area contributed by atoms with Crippen LogP contribution in [0.15, 0.2) is 41.1 Å². The first-order valence-electron chi connectivity index (χ1n) is 7.13. The largest absolute Gasteiger partial charge is 0.361 e. The maximum Gasteiger partial charge on any atom is 0.220 e. The molecule has 0 spiro atoms. The van der Waals surface area contributed by atoms with E-state index in [4.69, 9.17) is 0 Å². The molecule has 0 atom stereocenters. The Morgan fingerprint density at radius 3 is 3.00 bits per heavy atom. The van der Waals surface area contributed by atoms with Crippen LogP contribution in [-0.2, 0) is 24.8 Å². The van der Waals surface area contributed by atoms with Gasteiger partial charge in [-0.1, -0.05) is 18.2 Å². The summed E-state index contributed by atoms with van der Waals surface area (Å²) in [5, 5.41) is 8.25. The molecule has 2 heterocycles. The van der Waals surface area contributed by atoms with Crippen molar-refractivity contribution in [2.75, 3.05) is 0 Å². The fourth-order valence-corrected chi connectivity index (χ4v) is 2.98. The summed E-state index contributed by atoms with van der Waals surface area (Å²) in [5.74, 6) is 0.0402. The van der Waals surface area contributed by atoms with Gasteiger partial charge in [0, 0.05) is 30.6 Å². The molecule has 114 valence electrons. The van der Waals surface area contributed by atoms with Crippen molar-refractivity contribution in [3.05, 3.63) is 52.4 Å². The highest BCUT2D eigenvalue weighted by molar-refractivity contribution is 9.10. The van der Waals surface area contributed by atoms with E-state index in [1.165, 1.54) is 10.9 Å². The molecule has 0 unspecified atom stereocenters. The number of carbonyl (C=O) groups excluding carboxylic acids is 1. The third kappa shape index (κ3) is 3.06. The number of nitrogens with one attached hydrogen (secondary N) is 2. The fraction of sp³-hybridized carbons (Fsp3) is 0.250. The minimum atomic E-state index is 0.0402. The van der Waals surface area contributed by atoms with Gasteiger partial charge in [0.15, 0.2) is 0 Å². The molecule has 2 aromatic heterocycles. The Balaban J connectivity index is 1.56. The minimum Gasteiger partial charge on any atom is -0.361 e. The Kier molecular flexibility index (Phi) is 4.29. The second-order valence-corrected chi connectivity index (χ2v) is 6.05. The maximum atomic E-state index is 12.0. The summed E-state index contributed by atoms with van der Waals surface area (Å²) >= 11 is 3.43. The smallest absolute Gasteiger partial charge is 0.220 e. The lowest BCUT2D eigenvalue weighted by Crippen LogP contribution is -2.24. The van der Waals surface area contributed by atoms with Gasteiger partial charge in [-0.3, -0.25) is 9.48 Å². The van der Waals surface area contributed by atoms with Crippen molar-refractivity contribution in [2.24, 2.45) is 7.05 Å². The van der Waals surface area contributed by atoms with Gasteiger partial charge in [-0.05, 0) is 34.0 Å². The number of para-hydroxylation sites is 1. The molecule has 0 aliphatic carbocycles. The zero-order valence-electron chi connectivity index (χ0n) is 12.3. The Labute approximate surface area is 136 Å². The highest BCUT2D eigenvalue weighted by Crippen LogP contribution is 2.19. The Morgan fingerprint density at radius 2 is 2.23 bits per heavy atom. The van der Waals surface area contributed by atoms with E-state index in [1.54, 1.807) is 10.9 Å². The van der Waals surface area contributed by atoms with Gasteiger partial charge in [0.25, 0.3) is 0 Å². The Hall–Kier alpha value is -2.08. The first kappa shape index (κ1) is 14.8. The van der Waals surface area contributed by atoms with Crippen LogP contribution in [0.4, 0.5) is 0 Å². The number of carbonyl (C=O) groups is 1. The second-order valence-electron chi connectivity index (χ2n) is 5.20.